The standard InChI is InChI=1S/C12H13F2N3O/c1-3-15-11-8-6-7(18-2)4-5-9(8)16-12(17-11)10(13)14/h4-6,10H,3H2,1-2H3,(H,15,16,17). The smallest absolute Gasteiger partial charge is 0.297 e. The van der Waals surface area contributed by atoms with Gasteiger partial charge in [-0.1, -0.05) is 0 Å². The second-order valence-corrected chi connectivity index (χ2v) is 3.64. The molecular formula is C12H13F2N3O. The zero-order valence-electron chi connectivity index (χ0n) is 10.1. The molecule has 0 aliphatic carbocycles. The highest BCUT2D eigenvalue weighted by atomic mass is 19.3. The Labute approximate surface area is 103 Å². The zero-order valence-corrected chi connectivity index (χ0v) is 10.1. The Bertz CT molecular complexity index is 560. The molecule has 0 atom stereocenters. The monoisotopic (exact) mass is 253 g/mol. The Morgan fingerprint density at radius 1 is 1.33 bits per heavy atom. The average molecular weight is 253 g/mol. The maximum Gasteiger partial charge on any atom is 0.297 e. The van der Waals surface area contributed by atoms with E-state index in [1.54, 1.807) is 25.3 Å². The van der Waals surface area contributed by atoms with E-state index in [4.69, 9.17) is 4.74 Å². The number of alkyl halides is 2. The highest BCUT2D eigenvalue weighted by Gasteiger charge is 2.15. The number of ether oxygens (including phenoxy) is 1. The van der Waals surface area contributed by atoms with Crippen molar-refractivity contribution < 1.29 is 13.5 Å². The Kier molecular flexibility index (Phi) is 3.55. The number of nitrogens with one attached hydrogen (secondary N) is 1. The van der Waals surface area contributed by atoms with Crippen molar-refractivity contribution in [3.05, 3.63) is 24.0 Å². The molecule has 0 radical (unpaired) electrons. The summed E-state index contributed by atoms with van der Waals surface area (Å²) in [5.74, 6) is 0.565. The number of aromatic nitrogens is 2. The van der Waals surface area contributed by atoms with Crippen molar-refractivity contribution in [2.24, 2.45) is 0 Å². The second-order valence-electron chi connectivity index (χ2n) is 3.64. The Morgan fingerprint density at radius 2 is 2.11 bits per heavy atom. The molecule has 96 valence electrons. The molecule has 1 aromatic carbocycles. The van der Waals surface area contributed by atoms with E-state index in [1.165, 1.54) is 0 Å². The zero-order chi connectivity index (χ0) is 13.1. The summed E-state index contributed by atoms with van der Waals surface area (Å²) in [6.45, 7) is 2.46. The first kappa shape index (κ1) is 12.5. The van der Waals surface area contributed by atoms with Gasteiger partial charge >= 0.3 is 0 Å². The lowest BCUT2D eigenvalue weighted by Gasteiger charge is -2.10. The molecule has 0 amide bonds. The van der Waals surface area contributed by atoms with Crippen molar-refractivity contribution in [1.82, 2.24) is 9.97 Å². The van der Waals surface area contributed by atoms with Crippen LogP contribution in [0.3, 0.4) is 0 Å². The fraction of sp³-hybridized carbons (Fsp3) is 0.333. The third kappa shape index (κ3) is 2.32. The number of methoxy groups -OCH3 is 1. The molecule has 0 saturated heterocycles. The first-order valence-corrected chi connectivity index (χ1v) is 5.53. The lowest BCUT2D eigenvalue weighted by molar-refractivity contribution is 0.141. The SMILES string of the molecule is CCNc1nc(C(F)F)nc2ccc(OC)cc12. The average Bonchev–Trinajstić information content (AvgIpc) is 2.38. The molecule has 18 heavy (non-hydrogen) atoms. The molecule has 0 aliphatic rings. The molecule has 0 fully saturated rings. The molecule has 0 aliphatic heterocycles. The first-order valence-electron chi connectivity index (χ1n) is 5.53. The lowest BCUT2D eigenvalue weighted by atomic mass is 10.2. The van der Waals surface area contributed by atoms with Crippen molar-refractivity contribution in [3.8, 4) is 5.75 Å². The van der Waals surface area contributed by atoms with E-state index < -0.39 is 12.2 Å². The number of rotatable bonds is 4. The van der Waals surface area contributed by atoms with Crippen molar-refractivity contribution in [2.75, 3.05) is 19.0 Å². The van der Waals surface area contributed by atoms with Crippen LogP contribution in [0, 0.1) is 0 Å². The normalized spacial score (nSPS) is 10.9. The van der Waals surface area contributed by atoms with Crippen LogP contribution in [0.4, 0.5) is 14.6 Å². The quantitative estimate of drug-likeness (QED) is 0.909. The van der Waals surface area contributed by atoms with Gasteiger partial charge in [0, 0.05) is 11.9 Å². The van der Waals surface area contributed by atoms with Crippen LogP contribution in [0.5, 0.6) is 5.75 Å². The van der Waals surface area contributed by atoms with Gasteiger partial charge in [0.25, 0.3) is 6.43 Å². The predicted octanol–water partition coefficient (Wildman–Crippen LogP) is 3.01. The van der Waals surface area contributed by atoms with E-state index in [0.29, 0.717) is 29.0 Å². The van der Waals surface area contributed by atoms with Gasteiger partial charge < -0.3 is 10.1 Å². The third-order valence-electron chi connectivity index (χ3n) is 2.46. The van der Waals surface area contributed by atoms with Gasteiger partial charge in [-0.15, -0.1) is 0 Å². The Morgan fingerprint density at radius 3 is 2.72 bits per heavy atom. The van der Waals surface area contributed by atoms with Crippen molar-refractivity contribution in [2.45, 2.75) is 13.3 Å². The van der Waals surface area contributed by atoms with Gasteiger partial charge in [0.05, 0.1) is 12.6 Å². The van der Waals surface area contributed by atoms with Crippen LogP contribution < -0.4 is 10.1 Å². The summed E-state index contributed by atoms with van der Waals surface area (Å²) < 4.78 is 30.5. The number of hydrogen-bond acceptors (Lipinski definition) is 4. The number of nitrogens with zero attached hydrogens (tertiary/aromatic N) is 2. The van der Waals surface area contributed by atoms with Gasteiger partial charge in [0.1, 0.15) is 11.6 Å². The second kappa shape index (κ2) is 5.12. The highest BCUT2D eigenvalue weighted by molar-refractivity contribution is 5.90. The summed E-state index contributed by atoms with van der Waals surface area (Å²) in [6, 6.07) is 5.05. The van der Waals surface area contributed by atoms with E-state index in [0.717, 1.165) is 0 Å². The molecule has 1 aromatic heterocycles. The van der Waals surface area contributed by atoms with Crippen LogP contribution in [0.25, 0.3) is 10.9 Å². The molecule has 4 nitrogen and oxygen atoms in total. The van der Waals surface area contributed by atoms with E-state index in [2.05, 4.69) is 15.3 Å². The van der Waals surface area contributed by atoms with Gasteiger partial charge in [-0.2, -0.15) is 0 Å². The fourth-order valence-corrected chi connectivity index (χ4v) is 1.65. The largest absolute Gasteiger partial charge is 0.497 e. The molecule has 2 rings (SSSR count). The van der Waals surface area contributed by atoms with Gasteiger partial charge in [-0.05, 0) is 25.1 Å². The summed E-state index contributed by atoms with van der Waals surface area (Å²) in [7, 11) is 1.54. The number of anilines is 1. The minimum Gasteiger partial charge on any atom is -0.497 e. The van der Waals surface area contributed by atoms with Crippen LogP contribution in [-0.4, -0.2) is 23.6 Å². The van der Waals surface area contributed by atoms with Crippen LogP contribution in [0.1, 0.15) is 19.2 Å². The molecule has 2 aromatic rings. The molecule has 6 heteroatoms. The summed E-state index contributed by atoms with van der Waals surface area (Å²) in [5, 5.41) is 3.62. The molecule has 1 heterocycles. The van der Waals surface area contributed by atoms with Crippen LogP contribution >= 0.6 is 0 Å². The van der Waals surface area contributed by atoms with Crippen LogP contribution in [0.15, 0.2) is 18.2 Å². The highest BCUT2D eigenvalue weighted by Crippen LogP contribution is 2.27. The number of benzene rings is 1. The topological polar surface area (TPSA) is 47.0 Å². The summed E-state index contributed by atoms with van der Waals surface area (Å²) in [5.41, 5.74) is 0.469. The maximum absolute atomic E-state index is 12.7. The number of hydrogen-bond donors (Lipinski definition) is 1. The molecule has 0 unspecified atom stereocenters. The minimum absolute atomic E-state index is 0.400. The van der Waals surface area contributed by atoms with Crippen LogP contribution in [0.2, 0.25) is 0 Å². The summed E-state index contributed by atoms with van der Waals surface area (Å²) in [4.78, 5) is 7.67. The van der Waals surface area contributed by atoms with Crippen LogP contribution in [-0.2, 0) is 0 Å². The van der Waals surface area contributed by atoms with Crippen molar-refractivity contribution >= 4 is 16.7 Å². The van der Waals surface area contributed by atoms with Gasteiger partial charge in [0.15, 0.2) is 5.82 Å². The molecular weight excluding hydrogens is 240 g/mol. The fourth-order valence-electron chi connectivity index (χ4n) is 1.65. The van der Waals surface area contributed by atoms with Gasteiger partial charge in [-0.25, -0.2) is 18.7 Å². The van der Waals surface area contributed by atoms with E-state index in [-0.39, 0.29) is 0 Å². The van der Waals surface area contributed by atoms with E-state index in [1.807, 2.05) is 6.92 Å². The maximum atomic E-state index is 12.7. The molecule has 0 bridgehead atoms. The van der Waals surface area contributed by atoms with E-state index >= 15 is 0 Å². The van der Waals surface area contributed by atoms with Gasteiger partial charge in [-0.3, -0.25) is 0 Å². The summed E-state index contributed by atoms with van der Waals surface area (Å²) >= 11 is 0. The molecule has 0 saturated carbocycles. The number of fused-ring (bicyclic) bond motifs is 1. The molecule has 1 N–H and O–H groups in total. The van der Waals surface area contributed by atoms with Crippen molar-refractivity contribution in [3.63, 3.8) is 0 Å². The Hall–Kier alpha value is -1.98. The minimum atomic E-state index is -2.69. The first-order chi connectivity index (χ1) is 8.65. The lowest BCUT2D eigenvalue weighted by Crippen LogP contribution is -2.05. The van der Waals surface area contributed by atoms with Gasteiger partial charge in [0.2, 0.25) is 0 Å². The molecule has 0 spiro atoms. The predicted molar refractivity (Wildman–Crippen MR) is 65.2 cm³/mol. The summed E-state index contributed by atoms with van der Waals surface area (Å²) in [6.07, 6.45) is -2.69. The number of halogens is 2. The Balaban J connectivity index is 2.64. The van der Waals surface area contributed by atoms with Crippen molar-refractivity contribution in [1.29, 1.82) is 0 Å². The van der Waals surface area contributed by atoms with E-state index in [9.17, 15) is 8.78 Å². The third-order valence-corrected chi connectivity index (χ3v) is 2.46.